The van der Waals surface area contributed by atoms with Gasteiger partial charge in [0.2, 0.25) is 5.55 Å². The van der Waals surface area contributed by atoms with Gasteiger partial charge in [0, 0.05) is 16.0 Å². The van der Waals surface area contributed by atoms with E-state index in [0.29, 0.717) is 27.4 Å². The first kappa shape index (κ1) is 20.2. The van der Waals surface area contributed by atoms with E-state index in [2.05, 4.69) is 11.4 Å². The maximum absolute atomic E-state index is 13.2. The van der Waals surface area contributed by atoms with Gasteiger partial charge in [0.05, 0.1) is 5.56 Å². The summed E-state index contributed by atoms with van der Waals surface area (Å²) in [5, 5.41) is 14.2. The molecule has 1 N–H and O–H groups in total. The Bertz CT molecular complexity index is 1460. The Kier molecular flexibility index (Phi) is 5.34. The number of carbonyl (C=O) groups is 1. The van der Waals surface area contributed by atoms with E-state index < -0.39 is 0 Å². The van der Waals surface area contributed by atoms with Crippen molar-refractivity contribution in [1.29, 1.82) is 5.26 Å². The maximum atomic E-state index is 13.2. The lowest BCUT2D eigenvalue weighted by Crippen LogP contribution is -2.21. The highest BCUT2D eigenvalue weighted by Gasteiger charge is 2.21. The van der Waals surface area contributed by atoms with Crippen LogP contribution in [0.15, 0.2) is 64.0 Å². The van der Waals surface area contributed by atoms with E-state index in [1.165, 1.54) is 16.2 Å². The lowest BCUT2D eigenvalue weighted by Gasteiger charge is -2.09. The van der Waals surface area contributed by atoms with Crippen molar-refractivity contribution in [2.75, 3.05) is 5.32 Å². The highest BCUT2D eigenvalue weighted by molar-refractivity contribution is 7.16. The highest BCUT2D eigenvalue weighted by Crippen LogP contribution is 2.39. The summed E-state index contributed by atoms with van der Waals surface area (Å²) in [5.74, 6) is -0.302. The fourth-order valence-electron chi connectivity index (χ4n) is 4.07. The van der Waals surface area contributed by atoms with Crippen LogP contribution in [0.3, 0.4) is 0 Å². The number of aryl methyl sites for hydroxylation is 2. The van der Waals surface area contributed by atoms with Crippen molar-refractivity contribution < 1.29 is 9.21 Å². The number of amides is 1. The summed E-state index contributed by atoms with van der Waals surface area (Å²) in [4.78, 5) is 19.2. The fraction of sp³-hybridized carbons (Fsp3) is 0.192. The van der Waals surface area contributed by atoms with Gasteiger partial charge < -0.3 is 9.73 Å². The van der Waals surface area contributed by atoms with Crippen molar-refractivity contribution >= 4 is 38.9 Å². The molecule has 32 heavy (non-hydrogen) atoms. The van der Waals surface area contributed by atoms with Gasteiger partial charge in [0.15, 0.2) is 0 Å². The van der Waals surface area contributed by atoms with Crippen molar-refractivity contribution in [3.05, 3.63) is 87.3 Å². The Hall–Kier alpha value is -3.69. The minimum atomic E-state index is -0.302. The first-order valence-corrected chi connectivity index (χ1v) is 11.4. The van der Waals surface area contributed by atoms with Crippen LogP contribution in [0.25, 0.3) is 11.0 Å². The molecule has 5 nitrogen and oxygen atoms in total. The van der Waals surface area contributed by atoms with Crippen LogP contribution in [-0.2, 0) is 12.8 Å². The molecule has 0 aliphatic heterocycles. The van der Waals surface area contributed by atoms with E-state index in [9.17, 15) is 10.1 Å². The molecule has 0 spiro atoms. The number of para-hydroxylation sites is 1. The van der Waals surface area contributed by atoms with E-state index in [1.54, 1.807) is 6.07 Å². The molecule has 0 fully saturated rings. The van der Waals surface area contributed by atoms with Crippen molar-refractivity contribution in [3.8, 4) is 6.07 Å². The number of thiophene rings is 1. The van der Waals surface area contributed by atoms with E-state index >= 15 is 0 Å². The number of benzene rings is 2. The molecule has 1 aliphatic carbocycles. The fourth-order valence-corrected chi connectivity index (χ4v) is 5.28. The molecule has 2 aromatic carbocycles. The van der Waals surface area contributed by atoms with E-state index in [0.717, 1.165) is 42.2 Å². The lowest BCUT2D eigenvalue weighted by molar-refractivity contribution is 0.102. The van der Waals surface area contributed by atoms with Crippen molar-refractivity contribution in [1.82, 2.24) is 0 Å². The smallest absolute Gasteiger partial charge is 0.261 e. The molecular formula is C26H21N3O2S. The normalized spacial score (nSPS) is 13.6. The second kappa shape index (κ2) is 8.45. The van der Waals surface area contributed by atoms with Crippen LogP contribution in [0.5, 0.6) is 0 Å². The van der Waals surface area contributed by atoms with Gasteiger partial charge in [-0.3, -0.25) is 4.79 Å². The van der Waals surface area contributed by atoms with Crippen LogP contribution in [0.2, 0.25) is 0 Å². The van der Waals surface area contributed by atoms with Gasteiger partial charge >= 0.3 is 0 Å². The minimum absolute atomic E-state index is 0.212. The molecule has 4 aromatic rings. The second-order valence-corrected chi connectivity index (χ2v) is 9.02. The van der Waals surface area contributed by atoms with Gasteiger partial charge in [-0.15, -0.1) is 11.3 Å². The molecule has 158 valence electrons. The Morgan fingerprint density at radius 3 is 2.81 bits per heavy atom. The molecule has 0 saturated carbocycles. The summed E-state index contributed by atoms with van der Waals surface area (Å²) in [6.07, 6.45) is 4.09. The molecular weight excluding hydrogens is 418 g/mol. The van der Waals surface area contributed by atoms with Crippen molar-refractivity contribution in [2.24, 2.45) is 4.99 Å². The van der Waals surface area contributed by atoms with Crippen molar-refractivity contribution in [2.45, 2.75) is 32.6 Å². The minimum Gasteiger partial charge on any atom is -0.437 e. The molecule has 0 saturated heterocycles. The number of carbonyl (C=O) groups excluding carboxylic acids is 1. The van der Waals surface area contributed by atoms with Crippen molar-refractivity contribution in [3.63, 3.8) is 0 Å². The number of nitrogens with one attached hydrogen (secondary N) is 1. The highest BCUT2D eigenvalue weighted by atomic mass is 32.1. The predicted molar refractivity (Wildman–Crippen MR) is 126 cm³/mol. The second-order valence-electron chi connectivity index (χ2n) is 7.94. The van der Waals surface area contributed by atoms with Crippen LogP contribution in [0.4, 0.5) is 10.7 Å². The third-order valence-corrected chi connectivity index (χ3v) is 6.83. The third kappa shape index (κ3) is 3.83. The number of rotatable bonds is 3. The first-order chi connectivity index (χ1) is 15.6. The summed E-state index contributed by atoms with van der Waals surface area (Å²) in [6, 6.07) is 19.3. The predicted octanol–water partition coefficient (Wildman–Crippen LogP) is 6.04. The summed E-state index contributed by atoms with van der Waals surface area (Å²) >= 11 is 1.53. The van der Waals surface area contributed by atoms with E-state index in [1.807, 2.05) is 55.5 Å². The number of fused-ring (bicyclic) bond motifs is 2. The van der Waals surface area contributed by atoms with Crippen LogP contribution in [0.1, 0.15) is 44.8 Å². The molecule has 6 heteroatoms. The number of hydrogen-bond donors (Lipinski definition) is 1. The molecule has 0 atom stereocenters. The lowest BCUT2D eigenvalue weighted by atomic mass is 9.96. The molecule has 5 rings (SSSR count). The van der Waals surface area contributed by atoms with E-state index in [4.69, 9.17) is 9.41 Å². The van der Waals surface area contributed by atoms with Crippen LogP contribution < -0.4 is 10.9 Å². The van der Waals surface area contributed by atoms with E-state index in [-0.39, 0.29) is 11.5 Å². The number of anilines is 1. The topological polar surface area (TPSA) is 78.4 Å². The Labute approximate surface area is 189 Å². The molecule has 1 amide bonds. The molecule has 0 bridgehead atoms. The van der Waals surface area contributed by atoms with Gasteiger partial charge in [-0.05, 0) is 68.0 Å². The Morgan fingerprint density at radius 1 is 1.12 bits per heavy atom. The summed E-state index contributed by atoms with van der Waals surface area (Å²) < 4.78 is 6.08. The molecule has 2 aromatic heterocycles. The van der Waals surface area contributed by atoms with Gasteiger partial charge in [-0.25, -0.2) is 4.99 Å². The number of nitrogens with zero attached hydrogens (tertiary/aromatic N) is 2. The zero-order valence-electron chi connectivity index (χ0n) is 17.6. The number of nitriles is 1. The van der Waals surface area contributed by atoms with Gasteiger partial charge in [0.1, 0.15) is 22.2 Å². The van der Waals surface area contributed by atoms with Crippen LogP contribution >= 0.6 is 11.3 Å². The monoisotopic (exact) mass is 439 g/mol. The molecule has 1 aliphatic rings. The molecule has 0 radical (unpaired) electrons. The summed E-state index contributed by atoms with van der Waals surface area (Å²) in [5.41, 5.74) is 4.66. The first-order valence-electron chi connectivity index (χ1n) is 10.6. The average Bonchev–Trinajstić information content (AvgIpc) is 3.15. The Morgan fingerprint density at radius 2 is 1.97 bits per heavy atom. The summed E-state index contributed by atoms with van der Waals surface area (Å²) in [6.45, 7) is 1.98. The Balaban J connectivity index is 1.66. The van der Waals surface area contributed by atoms with Gasteiger partial charge in [-0.1, -0.05) is 30.3 Å². The third-order valence-electron chi connectivity index (χ3n) is 5.64. The average molecular weight is 440 g/mol. The van der Waals surface area contributed by atoms with Gasteiger partial charge in [0.25, 0.3) is 5.91 Å². The number of hydrogen-bond acceptors (Lipinski definition) is 5. The maximum Gasteiger partial charge on any atom is 0.261 e. The SMILES string of the molecule is Cc1cccc(NC(=O)c2cc3ccccc3oc2=Nc2sc3c(c2C#N)CCCC3)c1. The van der Waals surface area contributed by atoms with Crippen LogP contribution in [0, 0.1) is 18.3 Å². The summed E-state index contributed by atoms with van der Waals surface area (Å²) in [7, 11) is 0. The molecule has 2 heterocycles. The van der Waals surface area contributed by atoms with Crippen LogP contribution in [-0.4, -0.2) is 5.91 Å². The molecule has 0 unspecified atom stereocenters. The standard InChI is InChI=1S/C26H21N3O2S/c1-16-7-6-9-18(13-16)28-24(30)20-14-17-8-2-4-11-22(17)31-25(20)29-26-21(15-27)19-10-3-5-12-23(19)32-26/h2,4,6-9,11,13-14H,3,5,10,12H2,1H3,(H,28,30). The quantitative estimate of drug-likeness (QED) is 0.423. The largest absolute Gasteiger partial charge is 0.437 e. The zero-order chi connectivity index (χ0) is 22.1. The zero-order valence-corrected chi connectivity index (χ0v) is 18.5. The van der Waals surface area contributed by atoms with Gasteiger partial charge in [-0.2, -0.15) is 5.26 Å².